The number of aromatic nitrogens is 1. The molecule has 2 rings (SSSR count). The van der Waals surface area contributed by atoms with Crippen LogP contribution < -0.4 is 4.90 Å². The SMILES string of the molecule is CCN1C(C(=O)O)=COC1c1ccnc(N(CC(F)F)C(=O)OC(C)(C)C)c1. The number of hydrogen-bond donors (Lipinski definition) is 1. The molecule has 1 amide bonds. The Kier molecular flexibility index (Phi) is 6.42. The van der Waals surface area contributed by atoms with Gasteiger partial charge in [0.2, 0.25) is 0 Å². The highest BCUT2D eigenvalue weighted by atomic mass is 19.3. The molecule has 28 heavy (non-hydrogen) atoms. The standard InChI is InChI=1S/C18H23F2N3O5/c1-5-22-12(16(24)25)10-27-15(22)11-6-7-21-14(8-11)23(9-13(19)20)17(26)28-18(2,3)4/h6-8,10,13,15H,5,9H2,1-4H3,(H,24,25). The van der Waals surface area contributed by atoms with Crippen LogP contribution in [0.1, 0.15) is 39.5 Å². The number of carboxylic acid groups (broad SMARTS) is 1. The van der Waals surface area contributed by atoms with Gasteiger partial charge in [0.05, 0.1) is 6.54 Å². The van der Waals surface area contributed by atoms with Crippen molar-refractivity contribution in [2.24, 2.45) is 0 Å². The summed E-state index contributed by atoms with van der Waals surface area (Å²) in [6, 6.07) is 2.96. The Morgan fingerprint density at radius 2 is 2.11 bits per heavy atom. The van der Waals surface area contributed by atoms with Crippen LogP contribution in [0.15, 0.2) is 30.3 Å². The van der Waals surface area contributed by atoms with E-state index in [0.717, 1.165) is 11.2 Å². The summed E-state index contributed by atoms with van der Waals surface area (Å²) in [5, 5.41) is 9.25. The summed E-state index contributed by atoms with van der Waals surface area (Å²) in [5.74, 6) is -1.19. The zero-order valence-corrected chi connectivity index (χ0v) is 16.1. The van der Waals surface area contributed by atoms with E-state index in [1.54, 1.807) is 33.8 Å². The summed E-state index contributed by atoms with van der Waals surface area (Å²) in [5.41, 5.74) is -0.437. The number of anilines is 1. The van der Waals surface area contributed by atoms with Crippen LogP contribution in [-0.2, 0) is 14.3 Å². The van der Waals surface area contributed by atoms with Crippen LogP contribution in [0.3, 0.4) is 0 Å². The molecule has 0 saturated heterocycles. The molecular weight excluding hydrogens is 376 g/mol. The molecule has 1 N–H and O–H groups in total. The lowest BCUT2D eigenvalue weighted by atomic mass is 10.2. The highest BCUT2D eigenvalue weighted by Gasteiger charge is 2.33. The molecule has 0 aliphatic carbocycles. The van der Waals surface area contributed by atoms with Gasteiger partial charge in [-0.1, -0.05) is 0 Å². The summed E-state index contributed by atoms with van der Waals surface area (Å²) >= 11 is 0. The molecule has 1 aliphatic rings. The van der Waals surface area contributed by atoms with Gasteiger partial charge in [0.25, 0.3) is 6.43 Å². The number of aliphatic carboxylic acids is 1. The van der Waals surface area contributed by atoms with Crippen molar-refractivity contribution in [3.63, 3.8) is 0 Å². The van der Waals surface area contributed by atoms with Gasteiger partial charge >= 0.3 is 12.1 Å². The van der Waals surface area contributed by atoms with Crippen molar-refractivity contribution in [2.45, 2.75) is 45.9 Å². The fourth-order valence-electron chi connectivity index (χ4n) is 2.62. The average molecular weight is 399 g/mol. The number of nitrogens with zero attached hydrogens (tertiary/aromatic N) is 3. The van der Waals surface area contributed by atoms with Crippen molar-refractivity contribution in [2.75, 3.05) is 18.0 Å². The van der Waals surface area contributed by atoms with Crippen molar-refractivity contribution in [1.82, 2.24) is 9.88 Å². The number of likely N-dealkylation sites (N-methyl/N-ethyl adjacent to an activating group) is 1. The highest BCUT2D eigenvalue weighted by Crippen LogP contribution is 2.33. The van der Waals surface area contributed by atoms with Crippen LogP contribution in [0, 0.1) is 0 Å². The first-order chi connectivity index (χ1) is 13.0. The second kappa shape index (κ2) is 8.41. The van der Waals surface area contributed by atoms with Gasteiger partial charge in [0.1, 0.15) is 17.7 Å². The highest BCUT2D eigenvalue weighted by molar-refractivity contribution is 5.87. The Morgan fingerprint density at radius 3 is 2.64 bits per heavy atom. The number of carbonyl (C=O) groups excluding carboxylic acids is 1. The Hall–Kier alpha value is -2.91. The second-order valence-corrected chi connectivity index (χ2v) is 7.01. The van der Waals surface area contributed by atoms with E-state index in [0.29, 0.717) is 12.1 Å². The molecule has 8 nitrogen and oxygen atoms in total. The Morgan fingerprint density at radius 1 is 1.43 bits per heavy atom. The van der Waals surface area contributed by atoms with Gasteiger partial charge in [-0.25, -0.2) is 23.4 Å². The average Bonchev–Trinajstić information content (AvgIpc) is 3.02. The van der Waals surface area contributed by atoms with Crippen LogP contribution in [0.4, 0.5) is 19.4 Å². The monoisotopic (exact) mass is 399 g/mol. The van der Waals surface area contributed by atoms with Gasteiger partial charge in [-0.05, 0) is 39.8 Å². The largest absolute Gasteiger partial charge is 0.476 e. The maximum Gasteiger partial charge on any atom is 0.416 e. The van der Waals surface area contributed by atoms with Crippen molar-refractivity contribution in [3.8, 4) is 0 Å². The zero-order chi connectivity index (χ0) is 21.1. The quantitative estimate of drug-likeness (QED) is 0.784. The van der Waals surface area contributed by atoms with Crippen LogP contribution in [0.25, 0.3) is 0 Å². The first kappa shape index (κ1) is 21.4. The van der Waals surface area contributed by atoms with Crippen molar-refractivity contribution < 1.29 is 33.0 Å². The van der Waals surface area contributed by atoms with E-state index in [-0.39, 0.29) is 11.5 Å². The van der Waals surface area contributed by atoms with Crippen molar-refractivity contribution >= 4 is 17.9 Å². The molecule has 2 heterocycles. The molecule has 0 fully saturated rings. The summed E-state index contributed by atoms with van der Waals surface area (Å²) in [6.07, 6.45) is -2.07. The number of pyridine rings is 1. The number of amides is 1. The Balaban J connectivity index is 2.33. The van der Waals surface area contributed by atoms with Gasteiger partial charge < -0.3 is 19.5 Å². The Labute approximate surface area is 161 Å². The fraction of sp³-hybridized carbons (Fsp3) is 0.500. The van der Waals surface area contributed by atoms with Gasteiger partial charge in [0, 0.05) is 18.3 Å². The van der Waals surface area contributed by atoms with Gasteiger partial charge in [-0.3, -0.25) is 4.90 Å². The lowest BCUT2D eigenvalue weighted by Gasteiger charge is -2.28. The lowest BCUT2D eigenvalue weighted by Crippen LogP contribution is -2.40. The van der Waals surface area contributed by atoms with Gasteiger partial charge in [-0.15, -0.1) is 0 Å². The zero-order valence-electron chi connectivity index (χ0n) is 16.1. The van der Waals surface area contributed by atoms with Gasteiger partial charge in [-0.2, -0.15) is 0 Å². The van der Waals surface area contributed by atoms with Crippen molar-refractivity contribution in [1.29, 1.82) is 0 Å². The van der Waals surface area contributed by atoms with Crippen LogP contribution in [0.5, 0.6) is 0 Å². The molecule has 0 saturated carbocycles. The lowest BCUT2D eigenvalue weighted by molar-refractivity contribution is -0.134. The van der Waals surface area contributed by atoms with Crippen LogP contribution in [-0.4, -0.2) is 52.2 Å². The molecule has 1 atom stereocenters. The van der Waals surface area contributed by atoms with E-state index in [1.807, 2.05) is 0 Å². The van der Waals surface area contributed by atoms with Crippen LogP contribution in [0.2, 0.25) is 0 Å². The first-order valence-corrected chi connectivity index (χ1v) is 8.63. The maximum atomic E-state index is 13.0. The molecule has 1 aromatic rings. The van der Waals surface area contributed by atoms with Crippen molar-refractivity contribution in [3.05, 3.63) is 35.9 Å². The minimum absolute atomic E-state index is 0.0255. The number of alkyl halides is 2. The number of halogens is 2. The summed E-state index contributed by atoms with van der Waals surface area (Å²) in [7, 11) is 0. The molecule has 10 heteroatoms. The van der Waals surface area contributed by atoms with E-state index in [9.17, 15) is 23.5 Å². The normalized spacial score (nSPS) is 16.6. The van der Waals surface area contributed by atoms with E-state index >= 15 is 0 Å². The third-order valence-corrected chi connectivity index (χ3v) is 3.73. The minimum Gasteiger partial charge on any atom is -0.476 e. The fourth-order valence-corrected chi connectivity index (χ4v) is 2.62. The number of hydrogen-bond acceptors (Lipinski definition) is 6. The van der Waals surface area contributed by atoms with E-state index < -0.39 is 36.9 Å². The van der Waals surface area contributed by atoms with E-state index in [2.05, 4.69) is 4.98 Å². The Bertz CT molecular complexity index is 764. The molecule has 1 aromatic heterocycles. The minimum atomic E-state index is -2.80. The number of carboxylic acids is 1. The molecule has 0 aromatic carbocycles. The molecule has 0 radical (unpaired) electrons. The molecule has 1 unspecified atom stereocenters. The maximum absolute atomic E-state index is 13.0. The predicted octanol–water partition coefficient (Wildman–Crippen LogP) is 3.36. The summed E-state index contributed by atoms with van der Waals surface area (Å²) < 4.78 is 36.7. The number of ether oxygens (including phenoxy) is 2. The first-order valence-electron chi connectivity index (χ1n) is 8.63. The van der Waals surface area contributed by atoms with Crippen LogP contribution >= 0.6 is 0 Å². The predicted molar refractivity (Wildman–Crippen MR) is 95.7 cm³/mol. The molecule has 0 bridgehead atoms. The molecule has 0 spiro atoms. The van der Waals surface area contributed by atoms with E-state index in [1.165, 1.54) is 17.2 Å². The number of carbonyl (C=O) groups is 2. The van der Waals surface area contributed by atoms with Gasteiger partial charge in [0.15, 0.2) is 11.9 Å². The summed E-state index contributed by atoms with van der Waals surface area (Å²) in [6.45, 7) is 6.07. The second-order valence-electron chi connectivity index (χ2n) is 7.01. The van der Waals surface area contributed by atoms with E-state index in [4.69, 9.17) is 9.47 Å². The molecular formula is C18H23F2N3O5. The molecule has 1 aliphatic heterocycles. The number of rotatable bonds is 6. The molecule has 154 valence electrons. The topological polar surface area (TPSA) is 92.2 Å². The smallest absolute Gasteiger partial charge is 0.416 e. The summed E-state index contributed by atoms with van der Waals surface area (Å²) in [4.78, 5) is 29.9. The third-order valence-electron chi connectivity index (χ3n) is 3.73. The third kappa shape index (κ3) is 5.08.